The van der Waals surface area contributed by atoms with E-state index in [9.17, 15) is 4.79 Å². The van der Waals surface area contributed by atoms with Crippen molar-refractivity contribution in [3.8, 4) is 11.5 Å². The molecular weight excluding hydrogens is 280 g/mol. The normalized spacial score (nSPS) is 23.3. The van der Waals surface area contributed by atoms with Crippen LogP contribution in [0.25, 0.3) is 0 Å². The molecule has 1 aromatic carbocycles. The number of hydrogen-bond acceptors (Lipinski definition) is 4. The Morgan fingerprint density at radius 1 is 1.23 bits per heavy atom. The lowest BCUT2D eigenvalue weighted by Crippen LogP contribution is -2.32. The topological polar surface area (TPSA) is 73.6 Å². The second kappa shape index (κ2) is 7.01. The van der Waals surface area contributed by atoms with Gasteiger partial charge in [-0.05, 0) is 42.9 Å². The molecular formula is C17H24N2O3. The Morgan fingerprint density at radius 3 is 2.82 bits per heavy atom. The average Bonchev–Trinajstić information content (AvgIpc) is 2.92. The molecule has 2 atom stereocenters. The summed E-state index contributed by atoms with van der Waals surface area (Å²) in [5.41, 5.74) is 7.15. The summed E-state index contributed by atoms with van der Waals surface area (Å²) >= 11 is 0. The van der Waals surface area contributed by atoms with E-state index in [1.807, 2.05) is 18.2 Å². The van der Waals surface area contributed by atoms with Crippen molar-refractivity contribution in [2.45, 2.75) is 38.1 Å². The summed E-state index contributed by atoms with van der Waals surface area (Å²) in [4.78, 5) is 12.0. The smallest absolute Gasteiger partial charge is 0.220 e. The zero-order chi connectivity index (χ0) is 15.4. The molecule has 1 saturated carbocycles. The minimum atomic E-state index is 0.111. The van der Waals surface area contributed by atoms with E-state index >= 15 is 0 Å². The predicted octanol–water partition coefficient (Wildman–Crippen LogP) is 1.63. The molecule has 1 aliphatic carbocycles. The second-order valence-corrected chi connectivity index (χ2v) is 6.14. The van der Waals surface area contributed by atoms with Crippen molar-refractivity contribution in [1.29, 1.82) is 0 Å². The standard InChI is InChI=1S/C17H24N2O3/c18-14-3-1-2-13(14)11-17(20)19-7-6-12-4-5-15-16(10-12)22-9-8-21-15/h4-5,10,13-14H,1-3,6-9,11,18H2,(H,19,20)/t13-,14+/m0/s1. The van der Waals surface area contributed by atoms with Crippen LogP contribution in [-0.2, 0) is 11.2 Å². The average molecular weight is 304 g/mol. The molecule has 5 heteroatoms. The first-order chi connectivity index (χ1) is 10.7. The first-order valence-corrected chi connectivity index (χ1v) is 8.13. The maximum absolute atomic E-state index is 12.0. The van der Waals surface area contributed by atoms with E-state index in [0.717, 1.165) is 42.7 Å². The first-order valence-electron chi connectivity index (χ1n) is 8.13. The van der Waals surface area contributed by atoms with Gasteiger partial charge in [0, 0.05) is 19.0 Å². The Kier molecular flexibility index (Phi) is 4.83. The molecule has 22 heavy (non-hydrogen) atoms. The minimum absolute atomic E-state index is 0.111. The Morgan fingerprint density at radius 2 is 2.05 bits per heavy atom. The minimum Gasteiger partial charge on any atom is -0.486 e. The van der Waals surface area contributed by atoms with E-state index in [1.165, 1.54) is 0 Å². The fourth-order valence-electron chi connectivity index (χ4n) is 3.22. The molecule has 1 fully saturated rings. The van der Waals surface area contributed by atoms with Gasteiger partial charge in [0.1, 0.15) is 13.2 Å². The summed E-state index contributed by atoms with van der Waals surface area (Å²) in [7, 11) is 0. The van der Waals surface area contributed by atoms with Crippen molar-refractivity contribution in [3.05, 3.63) is 23.8 Å². The zero-order valence-electron chi connectivity index (χ0n) is 12.8. The molecule has 0 bridgehead atoms. The van der Waals surface area contributed by atoms with Gasteiger partial charge in [0.05, 0.1) is 0 Å². The molecule has 2 aliphatic rings. The quantitative estimate of drug-likeness (QED) is 0.867. The van der Waals surface area contributed by atoms with Crippen molar-refractivity contribution in [2.24, 2.45) is 11.7 Å². The van der Waals surface area contributed by atoms with Gasteiger partial charge in [0.25, 0.3) is 0 Å². The maximum Gasteiger partial charge on any atom is 0.220 e. The van der Waals surface area contributed by atoms with Crippen LogP contribution in [0.1, 0.15) is 31.2 Å². The van der Waals surface area contributed by atoms with Gasteiger partial charge in [-0.3, -0.25) is 4.79 Å². The monoisotopic (exact) mass is 304 g/mol. The summed E-state index contributed by atoms with van der Waals surface area (Å²) in [5.74, 6) is 2.07. The van der Waals surface area contributed by atoms with E-state index in [-0.39, 0.29) is 11.9 Å². The lowest BCUT2D eigenvalue weighted by atomic mass is 10.00. The summed E-state index contributed by atoms with van der Waals surface area (Å²) in [6.07, 6.45) is 4.63. The van der Waals surface area contributed by atoms with Gasteiger partial charge in [0.2, 0.25) is 5.91 Å². The van der Waals surface area contributed by atoms with E-state index in [4.69, 9.17) is 15.2 Å². The van der Waals surface area contributed by atoms with Crippen molar-refractivity contribution >= 4 is 5.91 Å². The molecule has 5 nitrogen and oxygen atoms in total. The maximum atomic E-state index is 12.0. The van der Waals surface area contributed by atoms with Crippen LogP contribution in [0.5, 0.6) is 11.5 Å². The van der Waals surface area contributed by atoms with Gasteiger partial charge in [-0.15, -0.1) is 0 Å². The van der Waals surface area contributed by atoms with E-state index in [0.29, 0.717) is 32.1 Å². The SMILES string of the molecule is N[C@@H]1CCC[C@H]1CC(=O)NCCc1ccc2c(c1)OCCO2. The van der Waals surface area contributed by atoms with Gasteiger partial charge >= 0.3 is 0 Å². The number of fused-ring (bicyclic) bond motifs is 1. The number of nitrogens with two attached hydrogens (primary N) is 1. The van der Waals surface area contributed by atoms with Crippen molar-refractivity contribution < 1.29 is 14.3 Å². The van der Waals surface area contributed by atoms with E-state index in [1.54, 1.807) is 0 Å². The third-order valence-corrected chi connectivity index (χ3v) is 4.51. The molecule has 1 aromatic rings. The number of hydrogen-bond donors (Lipinski definition) is 2. The Balaban J connectivity index is 1.43. The fraction of sp³-hybridized carbons (Fsp3) is 0.588. The van der Waals surface area contributed by atoms with Gasteiger partial charge in [0.15, 0.2) is 11.5 Å². The molecule has 120 valence electrons. The van der Waals surface area contributed by atoms with Crippen LogP contribution in [0, 0.1) is 5.92 Å². The Bertz CT molecular complexity index is 533. The van der Waals surface area contributed by atoms with Gasteiger partial charge < -0.3 is 20.5 Å². The van der Waals surface area contributed by atoms with Crippen molar-refractivity contribution in [1.82, 2.24) is 5.32 Å². The molecule has 3 rings (SSSR count). The summed E-state index contributed by atoms with van der Waals surface area (Å²) in [5, 5.41) is 2.99. The van der Waals surface area contributed by atoms with Crippen LogP contribution in [0.3, 0.4) is 0 Å². The van der Waals surface area contributed by atoms with Crippen LogP contribution in [0.15, 0.2) is 18.2 Å². The molecule has 0 unspecified atom stereocenters. The van der Waals surface area contributed by atoms with Crippen LogP contribution in [0.4, 0.5) is 0 Å². The van der Waals surface area contributed by atoms with Crippen molar-refractivity contribution in [3.63, 3.8) is 0 Å². The Labute approximate surface area is 131 Å². The summed E-state index contributed by atoms with van der Waals surface area (Å²) in [6, 6.07) is 6.15. The molecule has 3 N–H and O–H groups in total. The molecule has 1 amide bonds. The highest BCUT2D eigenvalue weighted by molar-refractivity contribution is 5.76. The second-order valence-electron chi connectivity index (χ2n) is 6.14. The third-order valence-electron chi connectivity index (χ3n) is 4.51. The highest BCUT2D eigenvalue weighted by atomic mass is 16.6. The molecule has 0 aromatic heterocycles. The number of benzene rings is 1. The number of ether oxygens (including phenoxy) is 2. The van der Waals surface area contributed by atoms with Crippen LogP contribution in [-0.4, -0.2) is 31.7 Å². The molecule has 0 spiro atoms. The number of carbonyl (C=O) groups is 1. The number of rotatable bonds is 5. The molecule has 0 radical (unpaired) electrons. The zero-order valence-corrected chi connectivity index (χ0v) is 12.8. The largest absolute Gasteiger partial charge is 0.486 e. The third kappa shape index (κ3) is 3.71. The van der Waals surface area contributed by atoms with Gasteiger partial charge in [-0.1, -0.05) is 12.5 Å². The van der Waals surface area contributed by atoms with E-state index < -0.39 is 0 Å². The molecule has 0 saturated heterocycles. The van der Waals surface area contributed by atoms with Crippen LogP contribution >= 0.6 is 0 Å². The lowest BCUT2D eigenvalue weighted by molar-refractivity contribution is -0.122. The fourth-order valence-corrected chi connectivity index (χ4v) is 3.22. The number of nitrogens with one attached hydrogen (secondary N) is 1. The lowest BCUT2D eigenvalue weighted by Gasteiger charge is -2.19. The predicted molar refractivity (Wildman–Crippen MR) is 84.1 cm³/mol. The number of carbonyl (C=O) groups excluding carboxylic acids is 1. The van der Waals surface area contributed by atoms with Crippen molar-refractivity contribution in [2.75, 3.05) is 19.8 Å². The molecule has 1 aliphatic heterocycles. The Hall–Kier alpha value is -1.75. The highest BCUT2D eigenvalue weighted by Crippen LogP contribution is 2.30. The van der Waals surface area contributed by atoms with Gasteiger partial charge in [-0.25, -0.2) is 0 Å². The summed E-state index contributed by atoms with van der Waals surface area (Å²) in [6.45, 7) is 1.83. The van der Waals surface area contributed by atoms with E-state index in [2.05, 4.69) is 5.32 Å². The van der Waals surface area contributed by atoms with Crippen LogP contribution < -0.4 is 20.5 Å². The number of amides is 1. The van der Waals surface area contributed by atoms with Crippen LogP contribution in [0.2, 0.25) is 0 Å². The molecule has 1 heterocycles. The highest BCUT2D eigenvalue weighted by Gasteiger charge is 2.25. The van der Waals surface area contributed by atoms with Gasteiger partial charge in [-0.2, -0.15) is 0 Å². The summed E-state index contributed by atoms with van der Waals surface area (Å²) < 4.78 is 11.1. The first kappa shape index (κ1) is 15.2.